The van der Waals surface area contributed by atoms with Crippen LogP contribution in [-0.2, 0) is 0 Å². The lowest BCUT2D eigenvalue weighted by Gasteiger charge is -2.56. The lowest BCUT2D eigenvalue weighted by atomic mass is 9.49. The summed E-state index contributed by atoms with van der Waals surface area (Å²) in [7, 11) is 0. The van der Waals surface area contributed by atoms with Crippen LogP contribution in [0.3, 0.4) is 0 Å². The summed E-state index contributed by atoms with van der Waals surface area (Å²) in [6.07, 6.45) is 11.9. The van der Waals surface area contributed by atoms with E-state index in [1.807, 2.05) is 6.07 Å². The van der Waals surface area contributed by atoms with E-state index in [4.69, 9.17) is 0 Å². The summed E-state index contributed by atoms with van der Waals surface area (Å²) in [6, 6.07) is 6.37. The third-order valence-corrected chi connectivity index (χ3v) is 9.64. The number of hydrogen-bond donors (Lipinski definition) is 0. The molecule has 4 aliphatic rings. The molecule has 0 heterocycles. The van der Waals surface area contributed by atoms with Crippen LogP contribution in [0.5, 0.6) is 0 Å². The van der Waals surface area contributed by atoms with Crippen molar-refractivity contribution < 1.29 is 9.18 Å². The van der Waals surface area contributed by atoms with Crippen LogP contribution in [0.25, 0.3) is 0 Å². The Morgan fingerprint density at radius 2 is 1.82 bits per heavy atom. The van der Waals surface area contributed by atoms with Gasteiger partial charge >= 0.3 is 0 Å². The van der Waals surface area contributed by atoms with Crippen LogP contribution in [0.15, 0.2) is 24.3 Å². The number of rotatable bonds is 2. The largest absolute Gasteiger partial charge is 0.294 e. The maximum atomic E-state index is 13.7. The highest BCUT2D eigenvalue weighted by Crippen LogP contribution is 2.64. The van der Waals surface area contributed by atoms with Gasteiger partial charge in [0, 0.05) is 11.5 Å². The van der Waals surface area contributed by atoms with Crippen LogP contribution < -0.4 is 0 Å². The Morgan fingerprint density at radius 1 is 1.00 bits per heavy atom. The third kappa shape index (κ3) is 2.89. The second-order valence-corrected chi connectivity index (χ2v) is 10.9. The smallest absolute Gasteiger partial charge is 0.166 e. The van der Waals surface area contributed by atoms with E-state index in [-0.39, 0.29) is 22.9 Å². The molecule has 152 valence electrons. The molecular weight excluding hydrogens is 347 g/mol. The predicted octanol–water partition coefficient (Wildman–Crippen LogP) is 6.91. The van der Waals surface area contributed by atoms with Crippen molar-refractivity contribution in [3.8, 4) is 0 Å². The van der Waals surface area contributed by atoms with Crippen LogP contribution >= 0.6 is 0 Å². The molecule has 4 saturated carbocycles. The van der Waals surface area contributed by atoms with Crippen molar-refractivity contribution >= 4 is 5.78 Å². The first kappa shape index (κ1) is 18.8. The summed E-state index contributed by atoms with van der Waals surface area (Å²) in [5.74, 6) is 5.29. The quantitative estimate of drug-likeness (QED) is 0.508. The Morgan fingerprint density at radius 3 is 2.64 bits per heavy atom. The number of halogens is 1. The molecule has 1 nitrogen and oxygen atoms in total. The Hall–Kier alpha value is -1.18. The summed E-state index contributed by atoms with van der Waals surface area (Å²) in [5.41, 5.74) is 0.707. The highest BCUT2D eigenvalue weighted by Gasteiger charge is 2.58. The fourth-order valence-corrected chi connectivity index (χ4v) is 8.36. The third-order valence-electron chi connectivity index (χ3n) is 9.64. The SMILES string of the molecule is CC1CCC2C(CCC3C2CCC2(C)C(C(=O)c4cccc(F)c4)CCC32)C1. The van der Waals surface area contributed by atoms with Crippen LogP contribution in [0.4, 0.5) is 4.39 Å². The fraction of sp³-hybridized carbons (Fsp3) is 0.731. The van der Waals surface area contributed by atoms with Gasteiger partial charge in [-0.05, 0) is 104 Å². The van der Waals surface area contributed by atoms with Crippen molar-refractivity contribution in [3.05, 3.63) is 35.6 Å². The molecule has 1 aromatic rings. The average molecular weight is 383 g/mol. The van der Waals surface area contributed by atoms with Crippen LogP contribution in [0, 0.1) is 52.7 Å². The van der Waals surface area contributed by atoms with Gasteiger partial charge in [-0.25, -0.2) is 4.39 Å². The molecule has 0 saturated heterocycles. The van der Waals surface area contributed by atoms with Gasteiger partial charge in [0.1, 0.15) is 5.82 Å². The summed E-state index contributed by atoms with van der Waals surface area (Å²) in [4.78, 5) is 13.3. The van der Waals surface area contributed by atoms with Crippen molar-refractivity contribution in [1.29, 1.82) is 0 Å². The summed E-state index contributed by atoms with van der Waals surface area (Å²) in [6.45, 7) is 4.84. The molecule has 0 aliphatic heterocycles. The number of carbonyl (C=O) groups is 1. The van der Waals surface area contributed by atoms with Crippen molar-refractivity contribution in [2.45, 2.75) is 71.6 Å². The van der Waals surface area contributed by atoms with Crippen molar-refractivity contribution in [3.63, 3.8) is 0 Å². The molecule has 0 amide bonds. The first-order chi connectivity index (χ1) is 13.5. The van der Waals surface area contributed by atoms with Gasteiger partial charge in [-0.3, -0.25) is 4.79 Å². The number of fused-ring (bicyclic) bond motifs is 5. The number of hydrogen-bond acceptors (Lipinski definition) is 1. The molecule has 5 rings (SSSR count). The molecular formula is C26H35FO. The summed E-state index contributed by atoms with van der Waals surface area (Å²) >= 11 is 0. The number of carbonyl (C=O) groups excluding carboxylic acids is 1. The van der Waals surface area contributed by atoms with Crippen LogP contribution in [-0.4, -0.2) is 5.78 Å². The first-order valence-corrected chi connectivity index (χ1v) is 11.8. The van der Waals surface area contributed by atoms with E-state index < -0.39 is 0 Å². The Bertz CT molecular complexity index is 757. The molecule has 0 spiro atoms. The minimum Gasteiger partial charge on any atom is -0.294 e. The topological polar surface area (TPSA) is 17.1 Å². The maximum Gasteiger partial charge on any atom is 0.166 e. The first-order valence-electron chi connectivity index (χ1n) is 11.8. The fourth-order valence-electron chi connectivity index (χ4n) is 8.36. The summed E-state index contributed by atoms with van der Waals surface area (Å²) < 4.78 is 13.7. The van der Waals surface area contributed by atoms with E-state index in [1.54, 1.807) is 6.07 Å². The van der Waals surface area contributed by atoms with E-state index in [0.29, 0.717) is 11.5 Å². The van der Waals surface area contributed by atoms with Crippen molar-refractivity contribution in [2.75, 3.05) is 0 Å². The molecule has 1 aromatic carbocycles. The molecule has 8 atom stereocenters. The molecule has 28 heavy (non-hydrogen) atoms. The lowest BCUT2D eigenvalue weighted by Crippen LogP contribution is -2.49. The van der Waals surface area contributed by atoms with Gasteiger partial charge in [-0.2, -0.15) is 0 Å². The minimum absolute atomic E-state index is 0.0874. The Kier molecular flexibility index (Phi) is 4.68. The molecule has 0 N–H and O–H groups in total. The molecule has 0 aromatic heterocycles. The van der Waals surface area contributed by atoms with Gasteiger partial charge in [0.15, 0.2) is 5.78 Å². The minimum atomic E-state index is -0.292. The maximum absolute atomic E-state index is 13.7. The zero-order valence-corrected chi connectivity index (χ0v) is 17.5. The molecule has 4 aliphatic carbocycles. The second kappa shape index (κ2) is 6.96. The van der Waals surface area contributed by atoms with Crippen molar-refractivity contribution in [1.82, 2.24) is 0 Å². The van der Waals surface area contributed by atoms with Gasteiger partial charge in [0.25, 0.3) is 0 Å². The Labute approximate surface area is 169 Å². The molecule has 8 unspecified atom stereocenters. The zero-order chi connectivity index (χ0) is 19.5. The predicted molar refractivity (Wildman–Crippen MR) is 110 cm³/mol. The van der Waals surface area contributed by atoms with Crippen LogP contribution in [0.1, 0.15) is 82.0 Å². The van der Waals surface area contributed by atoms with Gasteiger partial charge < -0.3 is 0 Å². The highest BCUT2D eigenvalue weighted by atomic mass is 19.1. The number of Topliss-reactive ketones (excluding diaryl/α,β-unsaturated/α-hetero) is 1. The summed E-state index contributed by atoms with van der Waals surface area (Å²) in [5, 5.41) is 0. The number of benzene rings is 1. The lowest BCUT2D eigenvalue weighted by molar-refractivity contribution is -0.0634. The van der Waals surface area contributed by atoms with Crippen LogP contribution in [0.2, 0.25) is 0 Å². The Balaban J connectivity index is 1.38. The monoisotopic (exact) mass is 382 g/mol. The molecule has 0 bridgehead atoms. The van der Waals surface area contributed by atoms with E-state index in [0.717, 1.165) is 36.0 Å². The molecule has 2 heteroatoms. The van der Waals surface area contributed by atoms with Crippen molar-refractivity contribution in [2.24, 2.45) is 46.8 Å². The van der Waals surface area contributed by atoms with Gasteiger partial charge in [0.05, 0.1) is 0 Å². The zero-order valence-electron chi connectivity index (χ0n) is 17.5. The molecule has 0 radical (unpaired) electrons. The van der Waals surface area contributed by atoms with E-state index >= 15 is 0 Å². The highest BCUT2D eigenvalue weighted by molar-refractivity contribution is 5.98. The van der Waals surface area contributed by atoms with Gasteiger partial charge in [0.2, 0.25) is 0 Å². The van der Waals surface area contributed by atoms with Gasteiger partial charge in [-0.1, -0.05) is 32.4 Å². The van der Waals surface area contributed by atoms with E-state index in [2.05, 4.69) is 13.8 Å². The molecule has 4 fully saturated rings. The van der Waals surface area contributed by atoms with Gasteiger partial charge in [-0.15, -0.1) is 0 Å². The van der Waals surface area contributed by atoms with E-state index in [9.17, 15) is 9.18 Å². The second-order valence-electron chi connectivity index (χ2n) is 10.9. The standard InChI is InChI=1S/C26H35FO/c1-16-6-8-20-17(14-16)7-9-22-21(20)12-13-26(2)23(22)10-11-24(26)25(28)18-4-3-5-19(27)15-18/h3-5,15-17,20-24H,6-14H2,1-2H3. The number of ketones is 1. The average Bonchev–Trinajstić information content (AvgIpc) is 3.04. The normalized spacial score (nSPS) is 45.0. The van der Waals surface area contributed by atoms with E-state index in [1.165, 1.54) is 63.5 Å².